The fourth-order valence-corrected chi connectivity index (χ4v) is 3.77. The number of hydrogen-bond acceptors (Lipinski definition) is 0. The summed E-state index contributed by atoms with van der Waals surface area (Å²) < 4.78 is 0. The van der Waals surface area contributed by atoms with Crippen LogP contribution in [0.4, 0.5) is 0 Å². The molecular formula is C34H76. The topological polar surface area (TPSA) is 0 Å². The van der Waals surface area contributed by atoms with Crippen molar-refractivity contribution in [3.63, 3.8) is 0 Å². The van der Waals surface area contributed by atoms with Gasteiger partial charge in [0.1, 0.15) is 0 Å². The smallest absolute Gasteiger partial charge is 0.0533 e. The number of unbranched alkanes of at least 4 members (excludes halogenated alkanes) is 22. The molecule has 0 aliphatic carbocycles. The van der Waals surface area contributed by atoms with Crippen molar-refractivity contribution in [2.45, 2.75) is 222 Å². The highest BCUT2D eigenvalue weighted by molar-refractivity contribution is 4.44. The third kappa shape index (κ3) is 63.5. The Morgan fingerprint density at radius 3 is 0.353 bits per heavy atom. The standard InChI is InChI=1S/C10H22.C9H20.C8H18.C7H16/c1-3-5-7-9-10-8-6-4-2;1-3-5-7-9-8-6-4-2;1-3-5-7-8-6-4-2;1-3-5-7-6-4-2/h3-10H2,1-2H3;3-9H2,1-2H3;3-8H2,1-2H3;3-7H2,1-2H3. The van der Waals surface area contributed by atoms with E-state index in [0.29, 0.717) is 0 Å². The normalized spacial score (nSPS) is 9.88. The van der Waals surface area contributed by atoms with Crippen molar-refractivity contribution in [2.24, 2.45) is 0 Å². The van der Waals surface area contributed by atoms with E-state index in [1.807, 2.05) is 0 Å². The van der Waals surface area contributed by atoms with E-state index in [1.54, 1.807) is 0 Å². The summed E-state index contributed by atoms with van der Waals surface area (Å²) in [7, 11) is 0. The first-order valence-electron chi connectivity index (χ1n) is 16.7. The van der Waals surface area contributed by atoms with Crippen LogP contribution in [0.5, 0.6) is 0 Å². The first kappa shape index (κ1) is 41.1. The van der Waals surface area contributed by atoms with Crippen LogP contribution in [0.25, 0.3) is 0 Å². The SMILES string of the molecule is CCCCCCC.CCCCCCCC.CCCCCCCCC.CCCCCCCCCC. The largest absolute Gasteiger partial charge is 0.0654 e. The first-order chi connectivity index (χ1) is 16.7. The summed E-state index contributed by atoms with van der Waals surface area (Å²) in [6.07, 6.45) is 36.9. The molecule has 0 aliphatic heterocycles. The average molecular weight is 485 g/mol. The Morgan fingerprint density at radius 1 is 0.147 bits per heavy atom. The Hall–Kier alpha value is 0. The second-order valence-corrected chi connectivity index (χ2v) is 10.4. The van der Waals surface area contributed by atoms with Gasteiger partial charge in [0, 0.05) is 0 Å². The van der Waals surface area contributed by atoms with Gasteiger partial charge in [-0.05, 0) is 0 Å². The predicted molar refractivity (Wildman–Crippen MR) is 165 cm³/mol. The monoisotopic (exact) mass is 485 g/mol. The lowest BCUT2D eigenvalue weighted by Crippen LogP contribution is -1.77. The lowest BCUT2D eigenvalue weighted by atomic mass is 10.1. The van der Waals surface area contributed by atoms with E-state index in [9.17, 15) is 0 Å². The van der Waals surface area contributed by atoms with Crippen LogP contribution in [0.3, 0.4) is 0 Å². The van der Waals surface area contributed by atoms with Crippen LogP contribution in [0, 0.1) is 0 Å². The summed E-state index contributed by atoms with van der Waals surface area (Å²) >= 11 is 0. The van der Waals surface area contributed by atoms with Gasteiger partial charge in [0.25, 0.3) is 0 Å². The maximum absolute atomic E-state index is 2.27. The van der Waals surface area contributed by atoms with Crippen molar-refractivity contribution in [3.05, 3.63) is 0 Å². The molecule has 0 heteroatoms. The zero-order chi connectivity index (χ0) is 26.4. The zero-order valence-corrected chi connectivity index (χ0v) is 26.4. The van der Waals surface area contributed by atoms with E-state index in [1.165, 1.54) is 167 Å². The Balaban J connectivity index is -0.000000178. The van der Waals surface area contributed by atoms with E-state index in [-0.39, 0.29) is 0 Å². The highest BCUT2D eigenvalue weighted by Gasteiger charge is 1.88. The van der Waals surface area contributed by atoms with Gasteiger partial charge < -0.3 is 0 Å². The van der Waals surface area contributed by atoms with Crippen LogP contribution in [0.15, 0.2) is 0 Å². The van der Waals surface area contributed by atoms with Gasteiger partial charge in [-0.2, -0.15) is 0 Å². The highest BCUT2D eigenvalue weighted by Crippen LogP contribution is 2.08. The molecule has 0 aromatic rings. The van der Waals surface area contributed by atoms with E-state index < -0.39 is 0 Å². The molecule has 34 heavy (non-hydrogen) atoms. The molecule has 212 valence electrons. The third-order valence-electron chi connectivity index (χ3n) is 6.33. The number of rotatable bonds is 22. The summed E-state index contributed by atoms with van der Waals surface area (Å²) in [5.74, 6) is 0. The predicted octanol–water partition coefficient (Wildman–Crippen LogP) is 14.2. The molecule has 0 fully saturated rings. The molecule has 0 nitrogen and oxygen atoms in total. The quantitative estimate of drug-likeness (QED) is 0.134. The molecule has 0 aliphatic rings. The van der Waals surface area contributed by atoms with Crippen molar-refractivity contribution in [1.82, 2.24) is 0 Å². The maximum Gasteiger partial charge on any atom is -0.0533 e. The molecule has 0 amide bonds. The van der Waals surface area contributed by atoms with Crippen LogP contribution in [0.2, 0.25) is 0 Å². The summed E-state index contributed by atoms with van der Waals surface area (Å²) in [5, 5.41) is 0. The van der Waals surface area contributed by atoms with Crippen molar-refractivity contribution in [1.29, 1.82) is 0 Å². The van der Waals surface area contributed by atoms with E-state index >= 15 is 0 Å². The minimum Gasteiger partial charge on any atom is -0.0654 e. The fraction of sp³-hybridized carbons (Fsp3) is 1.00. The molecule has 0 N–H and O–H groups in total. The lowest BCUT2D eigenvalue weighted by Gasteiger charge is -1.97. The van der Waals surface area contributed by atoms with Gasteiger partial charge in [0.05, 0.1) is 0 Å². The Bertz CT molecular complexity index is 220. The van der Waals surface area contributed by atoms with Crippen LogP contribution in [0.1, 0.15) is 222 Å². The zero-order valence-electron chi connectivity index (χ0n) is 26.4. The molecule has 0 saturated heterocycles. The summed E-state index contributed by atoms with van der Waals surface area (Å²) in [6.45, 7) is 18.1. The van der Waals surface area contributed by atoms with Crippen LogP contribution in [-0.4, -0.2) is 0 Å². The molecule has 0 aromatic carbocycles. The second kappa shape index (κ2) is 50.0. The number of hydrogen-bond donors (Lipinski definition) is 0. The Kier molecular flexibility index (Phi) is 60.5. The maximum atomic E-state index is 2.27. The van der Waals surface area contributed by atoms with Gasteiger partial charge in [0.15, 0.2) is 0 Å². The molecule has 0 rings (SSSR count). The Morgan fingerprint density at radius 2 is 0.235 bits per heavy atom. The van der Waals surface area contributed by atoms with Gasteiger partial charge in [-0.3, -0.25) is 0 Å². The van der Waals surface area contributed by atoms with Crippen molar-refractivity contribution in [2.75, 3.05) is 0 Å². The summed E-state index contributed by atoms with van der Waals surface area (Å²) in [4.78, 5) is 0. The first-order valence-corrected chi connectivity index (χ1v) is 16.7. The van der Waals surface area contributed by atoms with Crippen LogP contribution >= 0.6 is 0 Å². The van der Waals surface area contributed by atoms with Gasteiger partial charge in [-0.1, -0.05) is 222 Å². The van der Waals surface area contributed by atoms with Crippen molar-refractivity contribution < 1.29 is 0 Å². The van der Waals surface area contributed by atoms with Crippen LogP contribution in [-0.2, 0) is 0 Å². The molecule has 0 atom stereocenters. The molecular weight excluding hydrogens is 408 g/mol. The molecule has 0 unspecified atom stereocenters. The van der Waals surface area contributed by atoms with Crippen molar-refractivity contribution in [3.8, 4) is 0 Å². The van der Waals surface area contributed by atoms with E-state index in [0.717, 1.165) is 0 Å². The lowest BCUT2D eigenvalue weighted by molar-refractivity contribution is 0.585. The molecule has 0 spiro atoms. The van der Waals surface area contributed by atoms with E-state index in [4.69, 9.17) is 0 Å². The van der Waals surface area contributed by atoms with Gasteiger partial charge >= 0.3 is 0 Å². The van der Waals surface area contributed by atoms with Gasteiger partial charge in [-0.15, -0.1) is 0 Å². The summed E-state index contributed by atoms with van der Waals surface area (Å²) in [5.41, 5.74) is 0. The third-order valence-corrected chi connectivity index (χ3v) is 6.33. The Labute approximate surface area is 222 Å². The highest BCUT2D eigenvalue weighted by atomic mass is 13.9. The molecule has 0 radical (unpaired) electrons. The van der Waals surface area contributed by atoms with E-state index in [2.05, 4.69) is 55.4 Å². The average Bonchev–Trinajstić information content (AvgIpc) is 2.86. The molecule has 0 saturated carbocycles. The molecule has 0 bridgehead atoms. The second-order valence-electron chi connectivity index (χ2n) is 10.4. The molecule has 0 heterocycles. The van der Waals surface area contributed by atoms with Gasteiger partial charge in [0.2, 0.25) is 0 Å². The van der Waals surface area contributed by atoms with Crippen LogP contribution < -0.4 is 0 Å². The minimum absolute atomic E-state index is 1.36. The van der Waals surface area contributed by atoms with Gasteiger partial charge in [-0.25, -0.2) is 0 Å². The summed E-state index contributed by atoms with van der Waals surface area (Å²) in [6, 6.07) is 0. The minimum atomic E-state index is 1.36. The fourth-order valence-electron chi connectivity index (χ4n) is 3.77. The van der Waals surface area contributed by atoms with Crippen molar-refractivity contribution >= 4 is 0 Å². The molecule has 0 aromatic heterocycles.